The Morgan fingerprint density at radius 2 is 1.49 bits per heavy atom. The first kappa shape index (κ1) is 58.1. The average Bonchev–Trinajstić information content (AvgIpc) is 4.41. The number of thiophene rings is 1. The molecule has 9 rings (SSSR count). The SMILES string of the molecule is Cc1ncsc1-c1ccc([C@H](C)C(C)C(=O)[C@@H]2CCCN2C(=O)C(NC(=O)COCCC(=O)N2CCN(c3ccc([C@H](C)NC(=O)C[C@@H]4N=C(c5ccc(Cl)cc5)c5c(sc(C)c5C)-n5c(C)nnc54)cc3)CC2)C(C)(C)C)cc1. The summed E-state index contributed by atoms with van der Waals surface area (Å²) >= 11 is 9.57. The number of nitrogens with zero attached hydrogens (tertiary/aromatic N) is 8. The number of nitrogens with one attached hydrogen (secondary N) is 2. The Labute approximate surface area is 482 Å². The normalized spacial score (nSPS) is 17.9. The number of thiazole rings is 1. The van der Waals surface area contributed by atoms with E-state index in [1.165, 1.54) is 4.88 Å². The van der Waals surface area contributed by atoms with Crippen molar-refractivity contribution < 1.29 is 28.7 Å². The second-order valence-electron chi connectivity index (χ2n) is 22.6. The van der Waals surface area contributed by atoms with E-state index in [4.69, 9.17) is 21.3 Å². The average molecular weight is 1140 g/mol. The van der Waals surface area contributed by atoms with Gasteiger partial charge in [0.05, 0.1) is 53.3 Å². The van der Waals surface area contributed by atoms with Crippen molar-refractivity contribution in [3.05, 3.63) is 133 Å². The number of halogens is 1. The van der Waals surface area contributed by atoms with Crippen molar-refractivity contribution in [3.8, 4) is 15.4 Å². The van der Waals surface area contributed by atoms with Crippen molar-refractivity contribution in [2.24, 2.45) is 16.3 Å². The topological polar surface area (TPSA) is 184 Å². The largest absolute Gasteiger partial charge is 0.371 e. The van der Waals surface area contributed by atoms with Gasteiger partial charge in [0.1, 0.15) is 29.5 Å². The van der Waals surface area contributed by atoms with Gasteiger partial charge in [-0.25, -0.2) is 4.98 Å². The number of hydrogen-bond donors (Lipinski definition) is 2. The number of aliphatic imine (C=N–C) groups is 1. The van der Waals surface area contributed by atoms with E-state index in [-0.39, 0.29) is 67.4 Å². The molecule has 0 aliphatic carbocycles. The van der Waals surface area contributed by atoms with Gasteiger partial charge in [0.25, 0.3) is 0 Å². The lowest BCUT2D eigenvalue weighted by atomic mass is 9.82. The lowest BCUT2D eigenvalue weighted by Crippen LogP contribution is -2.57. The van der Waals surface area contributed by atoms with Gasteiger partial charge in [0.2, 0.25) is 23.6 Å². The number of fused-ring (bicyclic) bond motifs is 3. The first-order valence-electron chi connectivity index (χ1n) is 27.7. The van der Waals surface area contributed by atoms with E-state index in [2.05, 4.69) is 75.8 Å². The zero-order chi connectivity index (χ0) is 57.2. The van der Waals surface area contributed by atoms with E-state index < -0.39 is 29.4 Å². The Bertz CT molecular complexity index is 3260. The smallest absolute Gasteiger partial charge is 0.246 e. The number of benzene rings is 3. The molecule has 0 saturated carbocycles. The summed E-state index contributed by atoms with van der Waals surface area (Å²) in [4.78, 5) is 86.6. The number of aromatic nitrogens is 4. The van der Waals surface area contributed by atoms with Gasteiger partial charge in [-0.1, -0.05) is 94.8 Å². The number of ether oxygens (including phenoxy) is 1. The second kappa shape index (κ2) is 24.6. The number of likely N-dealkylation sites (tertiary alicyclic amines) is 1. The highest BCUT2D eigenvalue weighted by Crippen LogP contribution is 2.40. The Morgan fingerprint density at radius 3 is 2.15 bits per heavy atom. The van der Waals surface area contributed by atoms with E-state index in [0.717, 1.165) is 66.2 Å². The molecule has 2 saturated heterocycles. The zero-order valence-corrected chi connectivity index (χ0v) is 49.9. The van der Waals surface area contributed by atoms with Crippen LogP contribution in [0.15, 0.2) is 83.3 Å². The number of ketones is 1. The molecule has 422 valence electrons. The molecule has 16 nitrogen and oxygen atoms in total. The van der Waals surface area contributed by atoms with Crippen molar-refractivity contribution >= 4 is 75.1 Å². The summed E-state index contributed by atoms with van der Waals surface area (Å²) in [5.74, 6) is 0.0292. The van der Waals surface area contributed by atoms with Gasteiger partial charge in [-0.2, -0.15) is 0 Å². The highest BCUT2D eigenvalue weighted by Gasteiger charge is 2.43. The zero-order valence-electron chi connectivity index (χ0n) is 47.5. The summed E-state index contributed by atoms with van der Waals surface area (Å²) in [6.45, 7) is 22.3. The first-order chi connectivity index (χ1) is 38.2. The minimum absolute atomic E-state index is 0.0251. The van der Waals surface area contributed by atoms with Crippen molar-refractivity contribution in [1.29, 1.82) is 0 Å². The molecule has 0 bridgehead atoms. The van der Waals surface area contributed by atoms with E-state index in [1.54, 1.807) is 27.6 Å². The van der Waals surface area contributed by atoms with Crippen molar-refractivity contribution in [3.63, 3.8) is 0 Å². The third-order valence-electron chi connectivity index (χ3n) is 16.1. The fraction of sp³-hybridized carbons (Fsp3) is 0.459. The number of rotatable bonds is 18. The van der Waals surface area contributed by atoms with Crippen molar-refractivity contribution in [2.45, 2.75) is 125 Å². The molecule has 3 aliphatic heterocycles. The molecule has 3 aromatic carbocycles. The van der Waals surface area contributed by atoms with Crippen molar-refractivity contribution in [2.75, 3.05) is 50.8 Å². The van der Waals surface area contributed by atoms with E-state index >= 15 is 0 Å². The molecule has 3 aromatic heterocycles. The minimum Gasteiger partial charge on any atom is -0.371 e. The number of hydrogen-bond acceptors (Lipinski definition) is 13. The fourth-order valence-electron chi connectivity index (χ4n) is 11.1. The summed E-state index contributed by atoms with van der Waals surface area (Å²) in [7, 11) is 0. The number of aryl methyl sites for hydroxylation is 3. The highest BCUT2D eigenvalue weighted by molar-refractivity contribution is 7.15. The minimum atomic E-state index is -0.880. The Balaban J connectivity index is 0.718. The van der Waals surface area contributed by atoms with Crippen LogP contribution in [0.1, 0.15) is 135 Å². The number of carbonyl (C=O) groups excluding carboxylic acids is 5. The van der Waals surface area contributed by atoms with Crippen LogP contribution in [0.25, 0.3) is 15.4 Å². The Kier molecular flexibility index (Phi) is 17.9. The molecule has 80 heavy (non-hydrogen) atoms. The molecule has 2 fully saturated rings. The van der Waals surface area contributed by atoms with Crippen LogP contribution in [-0.4, -0.2) is 123 Å². The molecule has 2 N–H and O–H groups in total. The van der Waals surface area contributed by atoms with Gasteiger partial charge in [-0.3, -0.25) is 33.5 Å². The lowest BCUT2D eigenvalue weighted by molar-refractivity contribution is -0.145. The molecular weight excluding hydrogens is 1070 g/mol. The van der Waals surface area contributed by atoms with Crippen LogP contribution in [0.4, 0.5) is 5.69 Å². The lowest BCUT2D eigenvalue weighted by Gasteiger charge is -2.36. The molecule has 6 aromatic rings. The second-order valence-corrected chi connectivity index (χ2v) is 25.1. The van der Waals surface area contributed by atoms with E-state index in [1.807, 2.05) is 112 Å². The first-order valence-corrected chi connectivity index (χ1v) is 29.8. The molecule has 6 heterocycles. The summed E-state index contributed by atoms with van der Waals surface area (Å²) in [6, 6.07) is 21.8. The van der Waals surface area contributed by atoms with Crippen LogP contribution in [0.5, 0.6) is 0 Å². The third kappa shape index (κ3) is 12.6. The summed E-state index contributed by atoms with van der Waals surface area (Å²) < 4.78 is 7.76. The maximum absolute atomic E-state index is 14.3. The summed E-state index contributed by atoms with van der Waals surface area (Å²) in [6.07, 6.45) is 1.47. The number of anilines is 1. The maximum atomic E-state index is 14.3. The third-order valence-corrected chi connectivity index (χ3v) is 18.5. The van der Waals surface area contributed by atoms with Crippen LogP contribution in [0, 0.1) is 39.0 Å². The standard InChI is InChI=1S/C61H73ClN10O6S2/c1-35(42-13-15-45(16-14-42)56-39(5)63-34-79-56)36(2)55(76)49-12-11-26-71(49)59(77)57(61(8,9)10)66-51(74)33-78-31-25-52(75)70-29-27-69(28-30-70)47-23-19-43(20-24-47)38(4)64-50(73)32-48-58-68-67-41(7)72(58)60-53(37(3)40(6)80-60)54(65-48)44-17-21-46(62)22-18-44/h13-24,34-36,38,48-49,57H,11-12,25-33H2,1-10H3,(H,64,73)(H,66,74)/t35-,36?,38+,48+,49+,57?/m1/s1. The van der Waals surface area contributed by atoms with Crippen LogP contribution in [0.3, 0.4) is 0 Å². The molecule has 0 radical (unpaired) electrons. The predicted octanol–water partition coefficient (Wildman–Crippen LogP) is 10.1. The molecule has 6 atom stereocenters. The van der Waals surface area contributed by atoms with Gasteiger partial charge >= 0.3 is 0 Å². The van der Waals surface area contributed by atoms with E-state index in [9.17, 15) is 24.0 Å². The van der Waals surface area contributed by atoms with Crippen LogP contribution >= 0.6 is 34.3 Å². The molecule has 0 spiro atoms. The maximum Gasteiger partial charge on any atom is 0.246 e. The van der Waals surface area contributed by atoms with Crippen LogP contribution in [-0.2, 0) is 28.7 Å². The van der Waals surface area contributed by atoms with Gasteiger partial charge in [0.15, 0.2) is 11.6 Å². The number of amides is 4. The predicted molar refractivity (Wildman–Crippen MR) is 316 cm³/mol. The van der Waals surface area contributed by atoms with Gasteiger partial charge in [0, 0.05) is 65.4 Å². The molecule has 3 aliphatic rings. The Hall–Kier alpha value is -6.60. The monoisotopic (exact) mass is 1140 g/mol. The number of carbonyl (C=O) groups is 5. The molecule has 4 amide bonds. The van der Waals surface area contributed by atoms with Crippen LogP contribution < -0.4 is 15.5 Å². The van der Waals surface area contributed by atoms with Gasteiger partial charge < -0.3 is 30.1 Å². The molecule has 19 heteroatoms. The summed E-state index contributed by atoms with van der Waals surface area (Å²) in [5, 5.41) is 16.7. The van der Waals surface area contributed by atoms with Crippen molar-refractivity contribution in [1.82, 2.24) is 40.2 Å². The van der Waals surface area contributed by atoms with Gasteiger partial charge in [-0.05, 0) is 105 Å². The quantitative estimate of drug-likeness (QED) is 0.0786. The number of piperazine rings is 1. The highest BCUT2D eigenvalue weighted by atomic mass is 35.5. The fourth-order valence-corrected chi connectivity index (χ4v) is 13.2. The van der Waals surface area contributed by atoms with Gasteiger partial charge in [-0.15, -0.1) is 32.9 Å². The molecule has 2 unspecified atom stereocenters. The van der Waals surface area contributed by atoms with E-state index in [0.29, 0.717) is 56.4 Å². The summed E-state index contributed by atoms with van der Waals surface area (Å²) in [5.41, 5.74) is 10.2. The molecular formula is C61H73ClN10O6S2. The van der Waals surface area contributed by atoms with Crippen LogP contribution in [0.2, 0.25) is 5.02 Å². The number of Topliss-reactive ketones (excluding diaryl/α,β-unsaturated/α-hetero) is 1. The Morgan fingerprint density at radius 1 is 0.812 bits per heavy atom.